The largest absolute Gasteiger partial charge is 0.311 e. The molecule has 2 heteroatoms. The number of hydrogen-bond acceptors (Lipinski definition) is 1. The molecule has 4 aromatic rings. The zero-order chi connectivity index (χ0) is 17.8. The molecular formula is C24H18BN. The molecule has 0 aromatic heterocycles. The van der Waals surface area contributed by atoms with E-state index < -0.39 is 0 Å². The smallest absolute Gasteiger partial charge is 0.113 e. The van der Waals surface area contributed by atoms with E-state index in [1.165, 1.54) is 11.1 Å². The Hall–Kier alpha value is -3.26. The molecule has 0 bridgehead atoms. The van der Waals surface area contributed by atoms with E-state index in [-0.39, 0.29) is 0 Å². The van der Waals surface area contributed by atoms with E-state index in [4.69, 9.17) is 7.85 Å². The maximum absolute atomic E-state index is 5.87. The van der Waals surface area contributed by atoms with Crippen molar-refractivity contribution in [1.29, 1.82) is 0 Å². The fraction of sp³-hybridized carbons (Fsp3) is 0. The molecule has 0 aliphatic heterocycles. The third kappa shape index (κ3) is 3.40. The molecule has 2 radical (unpaired) electrons. The Morgan fingerprint density at radius 1 is 0.423 bits per heavy atom. The van der Waals surface area contributed by atoms with Crippen LogP contribution in [0.1, 0.15) is 0 Å². The molecule has 1 nitrogen and oxygen atoms in total. The van der Waals surface area contributed by atoms with Gasteiger partial charge in [-0.3, -0.25) is 0 Å². The molecule has 4 rings (SSSR count). The van der Waals surface area contributed by atoms with Crippen LogP contribution in [0.2, 0.25) is 0 Å². The molecule has 0 unspecified atom stereocenters. The molecule has 0 N–H and O–H groups in total. The average Bonchev–Trinajstić information content (AvgIpc) is 2.72. The Morgan fingerprint density at radius 3 is 1.42 bits per heavy atom. The molecule has 0 heterocycles. The lowest BCUT2D eigenvalue weighted by molar-refractivity contribution is 1.29. The quantitative estimate of drug-likeness (QED) is 0.439. The molecule has 0 spiro atoms. The van der Waals surface area contributed by atoms with Gasteiger partial charge in [0.1, 0.15) is 7.85 Å². The summed E-state index contributed by atoms with van der Waals surface area (Å²) >= 11 is 0. The van der Waals surface area contributed by atoms with E-state index in [1.807, 2.05) is 36.4 Å². The predicted octanol–water partition coefficient (Wildman–Crippen LogP) is 5.62. The van der Waals surface area contributed by atoms with Crippen LogP contribution >= 0.6 is 0 Å². The van der Waals surface area contributed by atoms with E-state index in [1.54, 1.807) is 0 Å². The zero-order valence-electron chi connectivity index (χ0n) is 14.4. The van der Waals surface area contributed by atoms with Crippen molar-refractivity contribution in [2.75, 3.05) is 4.90 Å². The second-order valence-corrected chi connectivity index (χ2v) is 6.18. The molecule has 0 saturated heterocycles. The first-order chi connectivity index (χ1) is 12.8. The fourth-order valence-electron chi connectivity index (χ4n) is 3.08. The third-order valence-corrected chi connectivity index (χ3v) is 4.40. The van der Waals surface area contributed by atoms with Crippen LogP contribution in [0.4, 0.5) is 17.1 Å². The number of benzene rings is 4. The van der Waals surface area contributed by atoms with Gasteiger partial charge in [-0.1, -0.05) is 78.3 Å². The minimum Gasteiger partial charge on any atom is -0.311 e. The molecule has 26 heavy (non-hydrogen) atoms. The van der Waals surface area contributed by atoms with Gasteiger partial charge in [0, 0.05) is 17.1 Å². The van der Waals surface area contributed by atoms with Crippen LogP contribution in [0.15, 0.2) is 109 Å². The summed E-state index contributed by atoms with van der Waals surface area (Å²) in [7, 11) is 5.87. The zero-order valence-corrected chi connectivity index (χ0v) is 14.4. The minimum atomic E-state index is 0.765. The summed E-state index contributed by atoms with van der Waals surface area (Å²) in [6.07, 6.45) is 0. The number of anilines is 3. The summed E-state index contributed by atoms with van der Waals surface area (Å²) in [4.78, 5) is 2.23. The van der Waals surface area contributed by atoms with E-state index in [0.717, 1.165) is 22.5 Å². The SMILES string of the molecule is [B]c1ccc(N(c2ccccc2)c2ccc(-c3ccccc3)cc2)cc1. The van der Waals surface area contributed by atoms with Crippen LogP contribution in [0.25, 0.3) is 11.1 Å². The molecule has 0 atom stereocenters. The molecular weight excluding hydrogens is 313 g/mol. The van der Waals surface area contributed by atoms with Crippen LogP contribution < -0.4 is 10.4 Å². The van der Waals surface area contributed by atoms with Crippen molar-refractivity contribution < 1.29 is 0 Å². The summed E-state index contributed by atoms with van der Waals surface area (Å²) in [5.74, 6) is 0. The van der Waals surface area contributed by atoms with Gasteiger partial charge in [-0.15, -0.1) is 0 Å². The lowest BCUT2D eigenvalue weighted by atomic mass is 9.96. The standard InChI is InChI=1S/C24H18BN/c25-21-13-17-24(18-14-21)26(22-9-5-2-6-10-22)23-15-11-20(12-16-23)19-7-3-1-4-8-19/h1-18H. The lowest BCUT2D eigenvalue weighted by Crippen LogP contribution is -2.11. The summed E-state index contributed by atoms with van der Waals surface area (Å²) in [6, 6.07) is 37.4. The average molecular weight is 331 g/mol. The van der Waals surface area contributed by atoms with Crippen molar-refractivity contribution in [3.63, 3.8) is 0 Å². The fourth-order valence-corrected chi connectivity index (χ4v) is 3.08. The molecule has 0 aliphatic rings. The molecule has 122 valence electrons. The second kappa shape index (κ2) is 7.32. The van der Waals surface area contributed by atoms with Gasteiger partial charge in [-0.25, -0.2) is 0 Å². The van der Waals surface area contributed by atoms with Gasteiger partial charge in [-0.2, -0.15) is 0 Å². The molecule has 0 aliphatic carbocycles. The van der Waals surface area contributed by atoms with Crippen LogP contribution in [-0.2, 0) is 0 Å². The Balaban J connectivity index is 1.76. The number of rotatable bonds is 4. The van der Waals surface area contributed by atoms with E-state index >= 15 is 0 Å². The first-order valence-electron chi connectivity index (χ1n) is 8.67. The number of nitrogens with zero attached hydrogens (tertiary/aromatic N) is 1. The second-order valence-electron chi connectivity index (χ2n) is 6.18. The maximum atomic E-state index is 5.87. The highest BCUT2D eigenvalue weighted by molar-refractivity contribution is 6.32. The summed E-state index contributed by atoms with van der Waals surface area (Å²) in [5.41, 5.74) is 6.50. The van der Waals surface area contributed by atoms with E-state index in [9.17, 15) is 0 Å². The Bertz CT molecular complexity index is 962. The summed E-state index contributed by atoms with van der Waals surface area (Å²) in [6.45, 7) is 0. The van der Waals surface area contributed by atoms with Crippen molar-refractivity contribution in [3.8, 4) is 11.1 Å². The normalized spacial score (nSPS) is 10.5. The van der Waals surface area contributed by atoms with Gasteiger partial charge in [0.15, 0.2) is 0 Å². The molecule has 0 amide bonds. The van der Waals surface area contributed by atoms with Gasteiger partial charge in [0.2, 0.25) is 0 Å². The Morgan fingerprint density at radius 2 is 0.846 bits per heavy atom. The van der Waals surface area contributed by atoms with Gasteiger partial charge >= 0.3 is 0 Å². The van der Waals surface area contributed by atoms with Crippen molar-refractivity contribution in [2.24, 2.45) is 0 Å². The lowest BCUT2D eigenvalue weighted by Gasteiger charge is -2.25. The van der Waals surface area contributed by atoms with Crippen LogP contribution in [0, 0.1) is 0 Å². The van der Waals surface area contributed by atoms with Crippen LogP contribution in [0.3, 0.4) is 0 Å². The van der Waals surface area contributed by atoms with Crippen molar-refractivity contribution >= 4 is 30.4 Å². The predicted molar refractivity (Wildman–Crippen MR) is 112 cm³/mol. The first kappa shape index (κ1) is 16.2. The Kier molecular flexibility index (Phi) is 4.57. The van der Waals surface area contributed by atoms with Crippen molar-refractivity contribution in [2.45, 2.75) is 0 Å². The summed E-state index contributed by atoms with van der Waals surface area (Å²) < 4.78 is 0. The third-order valence-electron chi connectivity index (χ3n) is 4.40. The van der Waals surface area contributed by atoms with Crippen molar-refractivity contribution in [1.82, 2.24) is 0 Å². The van der Waals surface area contributed by atoms with E-state index in [2.05, 4.69) is 77.7 Å². The minimum absolute atomic E-state index is 0.765. The highest BCUT2D eigenvalue weighted by Gasteiger charge is 2.11. The van der Waals surface area contributed by atoms with Gasteiger partial charge in [-0.05, 0) is 47.5 Å². The highest BCUT2D eigenvalue weighted by Crippen LogP contribution is 2.34. The van der Waals surface area contributed by atoms with E-state index in [0.29, 0.717) is 0 Å². The maximum Gasteiger partial charge on any atom is 0.113 e. The molecule has 0 fully saturated rings. The van der Waals surface area contributed by atoms with Crippen LogP contribution in [-0.4, -0.2) is 7.85 Å². The molecule has 0 saturated carbocycles. The summed E-state index contributed by atoms with van der Waals surface area (Å²) in [5, 5.41) is 0. The van der Waals surface area contributed by atoms with Crippen molar-refractivity contribution in [3.05, 3.63) is 109 Å². The van der Waals surface area contributed by atoms with Crippen LogP contribution in [0.5, 0.6) is 0 Å². The topological polar surface area (TPSA) is 3.24 Å². The monoisotopic (exact) mass is 331 g/mol. The Labute approximate surface area is 156 Å². The first-order valence-corrected chi connectivity index (χ1v) is 8.67. The number of para-hydroxylation sites is 1. The van der Waals surface area contributed by atoms with Gasteiger partial charge in [0.25, 0.3) is 0 Å². The molecule has 4 aromatic carbocycles. The number of hydrogen-bond donors (Lipinski definition) is 0. The highest BCUT2D eigenvalue weighted by atomic mass is 15.1. The van der Waals surface area contributed by atoms with Gasteiger partial charge in [0.05, 0.1) is 0 Å². The van der Waals surface area contributed by atoms with Gasteiger partial charge < -0.3 is 4.90 Å².